The van der Waals surface area contributed by atoms with Gasteiger partial charge in [-0.05, 0) is 63.0 Å². The lowest BCUT2D eigenvalue weighted by Crippen LogP contribution is -2.30. The Morgan fingerprint density at radius 1 is 1.00 bits per heavy atom. The van der Waals surface area contributed by atoms with Gasteiger partial charge in [-0.15, -0.1) is 0 Å². The summed E-state index contributed by atoms with van der Waals surface area (Å²) in [5.41, 5.74) is 2.83. The van der Waals surface area contributed by atoms with Crippen LogP contribution in [0.1, 0.15) is 27.0 Å². The average molecular weight is 507 g/mol. The van der Waals surface area contributed by atoms with Crippen LogP contribution < -0.4 is 10.1 Å². The zero-order valence-corrected chi connectivity index (χ0v) is 18.9. The van der Waals surface area contributed by atoms with Crippen LogP contribution >= 0.6 is 15.9 Å². The number of amides is 3. The molecule has 166 valence electrons. The fourth-order valence-electron chi connectivity index (χ4n) is 3.28. The number of nitrogens with one attached hydrogen (secondary N) is 1. The molecule has 0 unspecified atom stereocenters. The third kappa shape index (κ3) is 5.30. The van der Waals surface area contributed by atoms with Gasteiger partial charge in [-0.3, -0.25) is 9.69 Å². The van der Waals surface area contributed by atoms with Gasteiger partial charge in [0, 0.05) is 0 Å². The van der Waals surface area contributed by atoms with E-state index in [-0.39, 0.29) is 30.3 Å². The van der Waals surface area contributed by atoms with Crippen LogP contribution in [0.4, 0.5) is 4.79 Å². The van der Waals surface area contributed by atoms with Crippen molar-refractivity contribution in [2.24, 2.45) is 0 Å². The highest BCUT2D eigenvalue weighted by atomic mass is 79.9. The van der Waals surface area contributed by atoms with E-state index >= 15 is 0 Å². The molecule has 1 fully saturated rings. The van der Waals surface area contributed by atoms with Crippen LogP contribution in [0.15, 0.2) is 83.0 Å². The Bertz CT molecular complexity index is 1240. The molecule has 1 aliphatic rings. The molecule has 3 amide bonds. The first-order valence-corrected chi connectivity index (χ1v) is 10.8. The molecule has 0 saturated carbocycles. The van der Waals surface area contributed by atoms with Gasteiger partial charge >= 0.3 is 12.0 Å². The molecule has 33 heavy (non-hydrogen) atoms. The summed E-state index contributed by atoms with van der Waals surface area (Å²) in [6.45, 7) is 0.467. The van der Waals surface area contributed by atoms with E-state index in [4.69, 9.17) is 9.84 Å². The fraction of sp³-hybridized carbons (Fsp3) is 0.0800. The Balaban J connectivity index is 1.42. The summed E-state index contributed by atoms with van der Waals surface area (Å²) in [4.78, 5) is 37.1. The average Bonchev–Trinajstić information content (AvgIpc) is 3.07. The van der Waals surface area contributed by atoms with Crippen molar-refractivity contribution in [1.29, 1.82) is 0 Å². The Hall–Kier alpha value is -3.91. The van der Waals surface area contributed by atoms with E-state index in [9.17, 15) is 14.4 Å². The predicted molar refractivity (Wildman–Crippen MR) is 125 cm³/mol. The predicted octanol–water partition coefficient (Wildman–Crippen LogP) is 4.82. The number of carbonyl (C=O) groups excluding carboxylic acids is 2. The largest absolute Gasteiger partial charge is 0.488 e. The van der Waals surface area contributed by atoms with Gasteiger partial charge in [0.2, 0.25) is 0 Å². The number of carboxylic acids is 1. The van der Waals surface area contributed by atoms with Crippen molar-refractivity contribution >= 4 is 39.9 Å². The number of imide groups is 1. The second-order valence-corrected chi connectivity index (χ2v) is 8.20. The van der Waals surface area contributed by atoms with Crippen molar-refractivity contribution in [2.45, 2.75) is 13.2 Å². The first-order chi connectivity index (χ1) is 15.9. The maximum absolute atomic E-state index is 12.7. The van der Waals surface area contributed by atoms with Crippen LogP contribution in [-0.2, 0) is 17.9 Å². The number of carboxylic acid groups (broad SMARTS) is 1. The van der Waals surface area contributed by atoms with Gasteiger partial charge in [0.1, 0.15) is 18.1 Å². The minimum atomic E-state index is -0.977. The summed E-state index contributed by atoms with van der Waals surface area (Å²) in [5, 5.41) is 11.6. The van der Waals surface area contributed by atoms with Gasteiger partial charge in [-0.2, -0.15) is 0 Å². The van der Waals surface area contributed by atoms with Crippen LogP contribution in [0.3, 0.4) is 0 Å². The van der Waals surface area contributed by atoms with E-state index in [1.165, 1.54) is 17.0 Å². The Morgan fingerprint density at radius 2 is 1.73 bits per heavy atom. The minimum absolute atomic E-state index is 0.201. The summed E-state index contributed by atoms with van der Waals surface area (Å²) < 4.78 is 6.49. The van der Waals surface area contributed by atoms with Gasteiger partial charge in [-0.25, -0.2) is 9.59 Å². The number of rotatable bonds is 7. The molecule has 0 radical (unpaired) electrons. The van der Waals surface area contributed by atoms with Crippen LogP contribution in [-0.4, -0.2) is 27.9 Å². The SMILES string of the molecule is O=C(O)c1ccc(COc2ccc(/C=C3/NC(=O)N(Cc4ccccc4)C3=O)cc2Br)cc1. The molecule has 1 aliphatic heterocycles. The van der Waals surface area contributed by atoms with Crippen LogP contribution in [0.2, 0.25) is 0 Å². The van der Waals surface area contributed by atoms with Crippen molar-refractivity contribution in [3.05, 3.63) is 105 Å². The molecular weight excluding hydrogens is 488 g/mol. The topological polar surface area (TPSA) is 95.9 Å². The normalized spacial score (nSPS) is 14.5. The Kier molecular flexibility index (Phi) is 6.55. The number of ether oxygens (including phenoxy) is 1. The molecule has 2 N–H and O–H groups in total. The number of hydrogen-bond donors (Lipinski definition) is 2. The molecule has 1 saturated heterocycles. The molecule has 0 aliphatic carbocycles. The molecular formula is C25H19BrN2O5. The van der Waals surface area contributed by atoms with E-state index in [0.717, 1.165) is 11.1 Å². The minimum Gasteiger partial charge on any atom is -0.488 e. The van der Waals surface area contributed by atoms with Gasteiger partial charge in [0.15, 0.2) is 0 Å². The van der Waals surface area contributed by atoms with E-state index in [0.29, 0.717) is 15.8 Å². The second-order valence-electron chi connectivity index (χ2n) is 7.35. The highest BCUT2D eigenvalue weighted by Crippen LogP contribution is 2.28. The fourth-order valence-corrected chi connectivity index (χ4v) is 3.79. The number of halogens is 1. The van der Waals surface area contributed by atoms with Crippen LogP contribution in [0, 0.1) is 0 Å². The Morgan fingerprint density at radius 3 is 2.39 bits per heavy atom. The first kappa shape index (κ1) is 22.3. The molecule has 0 aromatic heterocycles. The zero-order valence-electron chi connectivity index (χ0n) is 17.3. The number of benzene rings is 3. The van der Waals surface area contributed by atoms with E-state index in [1.807, 2.05) is 30.3 Å². The molecule has 3 aromatic rings. The maximum atomic E-state index is 12.7. The molecule has 0 spiro atoms. The number of aromatic carboxylic acids is 1. The van der Waals surface area contributed by atoms with Gasteiger partial charge in [0.05, 0.1) is 16.6 Å². The zero-order chi connectivity index (χ0) is 23.4. The number of urea groups is 1. The third-order valence-corrected chi connectivity index (χ3v) is 5.63. The standard InChI is InChI=1S/C25H19BrN2O5/c26-20-12-18(8-11-22(20)33-15-17-6-9-19(10-7-17)24(30)31)13-21-23(29)28(25(32)27-21)14-16-4-2-1-3-5-16/h1-13H,14-15H2,(H,27,32)(H,30,31)/b21-13+. The number of nitrogens with zero attached hydrogens (tertiary/aromatic N) is 1. The summed E-state index contributed by atoms with van der Waals surface area (Å²) in [7, 11) is 0. The molecule has 4 rings (SSSR count). The van der Waals surface area contributed by atoms with Crippen molar-refractivity contribution in [1.82, 2.24) is 10.2 Å². The lowest BCUT2D eigenvalue weighted by Gasteiger charge is -2.11. The first-order valence-electron chi connectivity index (χ1n) is 10.0. The Labute approximate surface area is 198 Å². The van der Waals surface area contributed by atoms with Crippen molar-refractivity contribution in [3.63, 3.8) is 0 Å². The summed E-state index contributed by atoms with van der Waals surface area (Å²) in [6, 6.07) is 20.6. The van der Waals surface area contributed by atoms with Crippen molar-refractivity contribution < 1.29 is 24.2 Å². The van der Waals surface area contributed by atoms with Crippen molar-refractivity contribution in [3.8, 4) is 5.75 Å². The smallest absolute Gasteiger partial charge is 0.335 e. The van der Waals surface area contributed by atoms with Crippen LogP contribution in [0.5, 0.6) is 5.75 Å². The van der Waals surface area contributed by atoms with Gasteiger partial charge in [0.25, 0.3) is 5.91 Å². The van der Waals surface area contributed by atoms with E-state index in [2.05, 4.69) is 21.2 Å². The summed E-state index contributed by atoms with van der Waals surface area (Å²) in [5.74, 6) is -0.771. The monoisotopic (exact) mass is 506 g/mol. The van der Waals surface area contributed by atoms with E-state index in [1.54, 1.807) is 36.4 Å². The van der Waals surface area contributed by atoms with E-state index < -0.39 is 12.0 Å². The molecule has 0 atom stereocenters. The third-order valence-electron chi connectivity index (χ3n) is 5.01. The summed E-state index contributed by atoms with van der Waals surface area (Å²) >= 11 is 3.47. The molecule has 0 bridgehead atoms. The number of carbonyl (C=O) groups is 3. The maximum Gasteiger partial charge on any atom is 0.335 e. The molecule has 3 aromatic carbocycles. The molecule has 8 heteroatoms. The highest BCUT2D eigenvalue weighted by molar-refractivity contribution is 9.10. The number of hydrogen-bond acceptors (Lipinski definition) is 4. The lowest BCUT2D eigenvalue weighted by atomic mass is 10.1. The lowest BCUT2D eigenvalue weighted by molar-refractivity contribution is -0.123. The summed E-state index contributed by atoms with van der Waals surface area (Å²) in [6.07, 6.45) is 1.62. The molecule has 7 nitrogen and oxygen atoms in total. The molecule has 1 heterocycles. The van der Waals surface area contributed by atoms with Crippen LogP contribution in [0.25, 0.3) is 6.08 Å². The van der Waals surface area contributed by atoms with Crippen molar-refractivity contribution in [2.75, 3.05) is 0 Å². The second kappa shape index (κ2) is 9.70. The van der Waals surface area contributed by atoms with Gasteiger partial charge in [-0.1, -0.05) is 48.5 Å². The van der Waals surface area contributed by atoms with Gasteiger partial charge < -0.3 is 15.2 Å². The quantitative estimate of drug-likeness (QED) is 0.353. The highest BCUT2D eigenvalue weighted by Gasteiger charge is 2.33.